The standard InChI is InChI=1S/C97H78BN5/c1-95(2,3)71-51-70(52-72(55-71)96(4,5)6)68-46-49-82-89(54-68)102(88-58-74(47-44-69(88)61-99)100-84-40-23-19-36-76(84)77-37-20-24-41-85(77)100)91-59-75(101-86-42-25-21-38-78(86)79-39-22-26-43-87(79)101)60-92-93(91)98(82)83-48-45-67(66-35-27-34-65(50-66)62-28-13-10-14-29-62)53-90(83)103(92)94-80(63-30-15-11-16-31-63)56-73(97(7,8)9)57-81(94)64-32-17-12-18-33-64/h10-60H,1-9H3/i10D,13D,14D,21D,22D,25D,26D,28D,29D,38D,39D,42D,43D. The zero-order chi connectivity index (χ0) is 81.5. The molecule has 0 spiro atoms. The van der Waals surface area contributed by atoms with E-state index >= 15 is 0 Å². The lowest BCUT2D eigenvalue weighted by Gasteiger charge is -2.45. The van der Waals surface area contributed by atoms with Crippen molar-refractivity contribution in [1.29, 1.82) is 5.26 Å². The maximum absolute atomic E-state index is 12.1. The van der Waals surface area contributed by atoms with Gasteiger partial charge in [0.15, 0.2) is 0 Å². The third kappa shape index (κ3) is 10.5. The van der Waals surface area contributed by atoms with Gasteiger partial charge in [-0.3, -0.25) is 0 Å². The van der Waals surface area contributed by atoms with Crippen molar-refractivity contribution < 1.29 is 17.8 Å². The largest absolute Gasteiger partial charge is 0.310 e. The van der Waals surface area contributed by atoms with Gasteiger partial charge in [0, 0.05) is 61.1 Å². The molecule has 2 aliphatic rings. The number of aromatic nitrogens is 2. The van der Waals surface area contributed by atoms with Gasteiger partial charge in [-0.1, -0.05) is 287 Å². The highest BCUT2D eigenvalue weighted by Gasteiger charge is 2.46. The lowest BCUT2D eigenvalue weighted by molar-refractivity contribution is 0.569. The van der Waals surface area contributed by atoms with Gasteiger partial charge in [-0.25, -0.2) is 0 Å². The normalized spacial score (nSPS) is 14.6. The number of hydrogen-bond donors (Lipinski definition) is 0. The predicted octanol–water partition coefficient (Wildman–Crippen LogP) is 24.1. The van der Waals surface area contributed by atoms with Crippen molar-refractivity contribution in [2.45, 2.75) is 78.6 Å². The Morgan fingerprint density at radius 1 is 0.320 bits per heavy atom. The molecular formula is C97H78BN5. The number of rotatable bonds is 9. The smallest absolute Gasteiger partial charge is 0.252 e. The lowest BCUT2D eigenvalue weighted by Crippen LogP contribution is -2.61. The molecule has 0 saturated heterocycles. The summed E-state index contributed by atoms with van der Waals surface area (Å²) in [5.41, 5.74) is 18.6. The molecule has 4 heterocycles. The lowest BCUT2D eigenvalue weighted by atomic mass is 9.33. The molecule has 6 heteroatoms. The molecule has 0 aliphatic carbocycles. The Hall–Kier alpha value is -12.2. The number of nitriles is 1. The molecule has 103 heavy (non-hydrogen) atoms. The second-order valence-corrected chi connectivity index (χ2v) is 30.3. The van der Waals surface area contributed by atoms with E-state index in [1.807, 2.05) is 103 Å². The Morgan fingerprint density at radius 2 is 0.767 bits per heavy atom. The summed E-state index contributed by atoms with van der Waals surface area (Å²) in [7, 11) is 0. The fraction of sp³-hybridized carbons (Fsp3) is 0.124. The Morgan fingerprint density at radius 3 is 1.32 bits per heavy atom. The van der Waals surface area contributed by atoms with Crippen molar-refractivity contribution in [3.8, 4) is 73.1 Å². The van der Waals surface area contributed by atoms with Crippen molar-refractivity contribution >= 4 is 101 Å². The molecule has 2 aromatic heterocycles. The molecule has 494 valence electrons. The zero-order valence-electron chi connectivity index (χ0n) is 71.8. The highest BCUT2D eigenvalue weighted by molar-refractivity contribution is 7.00. The second-order valence-electron chi connectivity index (χ2n) is 30.3. The van der Waals surface area contributed by atoms with Crippen LogP contribution in [-0.4, -0.2) is 15.8 Å². The summed E-state index contributed by atoms with van der Waals surface area (Å²) in [6.07, 6.45) is 0. The molecule has 0 N–H and O–H groups in total. The van der Waals surface area contributed by atoms with Gasteiger partial charge in [0.2, 0.25) is 0 Å². The van der Waals surface area contributed by atoms with E-state index in [1.165, 1.54) is 0 Å². The summed E-state index contributed by atoms with van der Waals surface area (Å²) in [5.74, 6) is 0. The number of anilines is 6. The Bertz CT molecular complexity index is 6730. The van der Waals surface area contributed by atoms with Gasteiger partial charge in [-0.2, -0.15) is 5.26 Å². The minimum absolute atomic E-state index is 0.0489. The maximum atomic E-state index is 12.1. The fourth-order valence-electron chi connectivity index (χ4n) is 15.7. The van der Waals surface area contributed by atoms with Crippen LogP contribution in [0.4, 0.5) is 34.1 Å². The topological polar surface area (TPSA) is 40.1 Å². The summed E-state index contributed by atoms with van der Waals surface area (Å²) in [6, 6.07) is 75.0. The van der Waals surface area contributed by atoms with Crippen molar-refractivity contribution in [3.63, 3.8) is 0 Å². The van der Waals surface area contributed by atoms with Crippen LogP contribution in [0, 0.1) is 11.3 Å². The molecule has 0 unspecified atom stereocenters. The monoisotopic (exact) mass is 1340 g/mol. The Balaban J connectivity index is 1.06. The van der Waals surface area contributed by atoms with Crippen LogP contribution in [0.5, 0.6) is 0 Å². The molecule has 14 aromatic carbocycles. The molecule has 0 amide bonds. The van der Waals surface area contributed by atoms with Gasteiger partial charge in [0.1, 0.15) is 6.07 Å². The molecule has 0 bridgehead atoms. The van der Waals surface area contributed by atoms with Crippen molar-refractivity contribution in [2.75, 3.05) is 9.80 Å². The van der Waals surface area contributed by atoms with Gasteiger partial charge < -0.3 is 18.9 Å². The van der Waals surface area contributed by atoms with E-state index in [2.05, 4.69) is 204 Å². The number of para-hydroxylation sites is 4. The van der Waals surface area contributed by atoms with Gasteiger partial charge >= 0.3 is 0 Å². The van der Waals surface area contributed by atoms with Crippen LogP contribution in [0.15, 0.2) is 309 Å². The van der Waals surface area contributed by atoms with Crippen molar-refractivity contribution in [1.82, 2.24) is 9.13 Å². The SMILES string of the molecule is [2H]c1c([2H])c([2H])c(-c2cccc(-c3ccc4c(c3)N(c3c(-c5ccccc5)cc(C(C)(C)C)cc3-c3ccccc3)c3cc(-n5c6c([2H])c([2H])c([2H])c([2H])c6c6c([2H])c([2H])c([2H])c([2H])c65)cc5c3B4c3ccc(-c4cc(C(C)(C)C)cc(C(C)(C)C)c4)cc3N5c3cc(-n4c5ccccc5c5ccccc54)ccc3C#N)c2)c([2H])c1[2H]. The van der Waals surface area contributed by atoms with E-state index in [-0.39, 0.29) is 56.0 Å². The van der Waals surface area contributed by atoms with E-state index < -0.39 is 78.6 Å². The van der Waals surface area contributed by atoms with E-state index in [1.54, 1.807) is 10.6 Å². The molecule has 0 atom stereocenters. The van der Waals surface area contributed by atoms with Crippen LogP contribution in [0.3, 0.4) is 0 Å². The van der Waals surface area contributed by atoms with E-state index in [0.717, 1.165) is 99.6 Å². The predicted molar refractivity (Wildman–Crippen MR) is 437 cm³/mol. The molecule has 16 aromatic rings. The van der Waals surface area contributed by atoms with Gasteiger partial charge in [0.05, 0.1) is 62.5 Å². The van der Waals surface area contributed by atoms with Crippen LogP contribution in [0.25, 0.3) is 111 Å². The molecule has 5 nitrogen and oxygen atoms in total. The van der Waals surface area contributed by atoms with Crippen LogP contribution < -0.4 is 26.2 Å². The third-order valence-corrected chi connectivity index (χ3v) is 20.9. The van der Waals surface area contributed by atoms with Crippen LogP contribution >= 0.6 is 0 Å². The first-order valence-corrected chi connectivity index (χ1v) is 35.1. The Kier molecular flexibility index (Phi) is 11.7. The zero-order valence-corrected chi connectivity index (χ0v) is 58.8. The number of fused-ring (bicyclic) bond motifs is 10. The van der Waals surface area contributed by atoms with Gasteiger partial charge in [-0.15, -0.1) is 0 Å². The first-order chi connectivity index (χ1) is 55.3. The van der Waals surface area contributed by atoms with Crippen molar-refractivity contribution in [2.24, 2.45) is 0 Å². The summed E-state index contributed by atoms with van der Waals surface area (Å²) in [4.78, 5) is 4.46. The van der Waals surface area contributed by atoms with Crippen LogP contribution in [-0.2, 0) is 16.2 Å². The van der Waals surface area contributed by atoms with Gasteiger partial charge in [0.25, 0.3) is 6.71 Å². The highest BCUT2D eigenvalue weighted by atomic mass is 15.2. The summed E-state index contributed by atoms with van der Waals surface area (Å²) in [5, 5.41) is 14.0. The molecule has 0 fully saturated rings. The quantitative estimate of drug-likeness (QED) is 0.135. The molecular weight excluding hydrogens is 1250 g/mol. The Labute approximate surface area is 622 Å². The van der Waals surface area contributed by atoms with Crippen LogP contribution in [0.1, 0.15) is 102 Å². The highest BCUT2D eigenvalue weighted by Crippen LogP contribution is 2.54. The first-order valence-electron chi connectivity index (χ1n) is 41.6. The average molecular weight is 1340 g/mol. The molecule has 0 radical (unpaired) electrons. The van der Waals surface area contributed by atoms with Crippen LogP contribution in [0.2, 0.25) is 0 Å². The van der Waals surface area contributed by atoms with E-state index in [4.69, 9.17) is 4.11 Å². The number of nitrogens with zero attached hydrogens (tertiary/aromatic N) is 5. The second kappa shape index (κ2) is 24.0. The first kappa shape index (κ1) is 50.2. The average Bonchev–Trinajstić information content (AvgIpc) is 1.05. The third-order valence-electron chi connectivity index (χ3n) is 20.9. The molecule has 18 rings (SSSR count). The summed E-state index contributed by atoms with van der Waals surface area (Å²) < 4.78 is 126. The van der Waals surface area contributed by atoms with Crippen molar-refractivity contribution in [3.05, 3.63) is 331 Å². The number of benzene rings is 14. The molecule has 2 aliphatic heterocycles. The molecule has 0 saturated carbocycles. The summed E-state index contributed by atoms with van der Waals surface area (Å²) >= 11 is 0. The minimum atomic E-state index is -0.689. The fourth-order valence-corrected chi connectivity index (χ4v) is 15.7. The number of hydrogen-bond acceptors (Lipinski definition) is 3. The van der Waals surface area contributed by atoms with E-state index in [0.29, 0.717) is 50.7 Å². The van der Waals surface area contributed by atoms with E-state index in [9.17, 15) is 19.0 Å². The summed E-state index contributed by atoms with van der Waals surface area (Å²) in [6.45, 7) is 19.2. The minimum Gasteiger partial charge on any atom is -0.310 e. The van der Waals surface area contributed by atoms with Gasteiger partial charge in [-0.05, 0) is 179 Å². The maximum Gasteiger partial charge on any atom is 0.252 e.